The number of nitrogens with one attached hydrogen (secondary N) is 1. The number of nitrogens with zero attached hydrogens (tertiary/aromatic N) is 3. The highest BCUT2D eigenvalue weighted by molar-refractivity contribution is 5.92. The molecule has 0 saturated heterocycles. The lowest BCUT2D eigenvalue weighted by molar-refractivity contribution is -0.137. The van der Waals surface area contributed by atoms with Crippen molar-refractivity contribution in [1.82, 2.24) is 14.8 Å². The maximum Gasteiger partial charge on any atom is 0.416 e. The summed E-state index contributed by atoms with van der Waals surface area (Å²) in [7, 11) is 0. The summed E-state index contributed by atoms with van der Waals surface area (Å²) in [5.74, 6) is -0.213. The molecule has 0 spiro atoms. The Morgan fingerprint density at radius 1 is 1.12 bits per heavy atom. The third-order valence-electron chi connectivity index (χ3n) is 4.58. The summed E-state index contributed by atoms with van der Waals surface area (Å²) in [6, 6.07) is 11.6. The lowest BCUT2D eigenvalue weighted by Crippen LogP contribution is -2.17. The first-order valence-corrected chi connectivity index (χ1v) is 10.5. The van der Waals surface area contributed by atoms with Crippen molar-refractivity contribution in [1.29, 1.82) is 0 Å². The fraction of sp³-hybridized carbons (Fsp3) is 0.348. The summed E-state index contributed by atoms with van der Waals surface area (Å²) >= 11 is 0. The Bertz CT molecular complexity index is 1100. The third-order valence-corrected chi connectivity index (χ3v) is 4.58. The van der Waals surface area contributed by atoms with Gasteiger partial charge in [0, 0.05) is 23.8 Å². The molecule has 1 heterocycles. The largest absolute Gasteiger partial charge is 0.460 e. The van der Waals surface area contributed by atoms with E-state index in [1.54, 1.807) is 38.1 Å². The van der Waals surface area contributed by atoms with Gasteiger partial charge >= 0.3 is 12.2 Å². The lowest BCUT2D eigenvalue weighted by atomic mass is 10.1. The fourth-order valence-corrected chi connectivity index (χ4v) is 2.89. The van der Waals surface area contributed by atoms with Crippen LogP contribution in [-0.4, -0.2) is 40.5 Å². The molecule has 1 amide bonds. The van der Waals surface area contributed by atoms with E-state index in [0.29, 0.717) is 24.6 Å². The predicted octanol–water partition coefficient (Wildman–Crippen LogP) is 4.96. The van der Waals surface area contributed by atoms with E-state index in [4.69, 9.17) is 9.47 Å². The van der Waals surface area contributed by atoms with Crippen LogP contribution in [0.1, 0.15) is 26.3 Å². The number of halogens is 3. The number of carbonyl (C=O) groups is 1. The van der Waals surface area contributed by atoms with Crippen molar-refractivity contribution >= 4 is 11.6 Å². The maximum absolute atomic E-state index is 13.3. The van der Waals surface area contributed by atoms with Gasteiger partial charge in [-0.3, -0.25) is 4.79 Å². The highest BCUT2D eigenvalue weighted by Gasteiger charge is 2.31. The second kappa shape index (κ2) is 10.5. The van der Waals surface area contributed by atoms with Crippen LogP contribution < -0.4 is 10.1 Å². The van der Waals surface area contributed by atoms with E-state index in [2.05, 4.69) is 15.4 Å². The van der Waals surface area contributed by atoms with E-state index in [0.717, 1.165) is 12.1 Å². The molecule has 0 fully saturated rings. The summed E-state index contributed by atoms with van der Waals surface area (Å²) in [5.41, 5.74) is 0.437. The smallest absolute Gasteiger partial charge is 0.416 e. The fourth-order valence-electron chi connectivity index (χ4n) is 2.89. The van der Waals surface area contributed by atoms with E-state index in [9.17, 15) is 18.0 Å². The molecule has 3 aromatic rings. The molecule has 0 aliphatic carbocycles. The van der Waals surface area contributed by atoms with E-state index < -0.39 is 11.7 Å². The number of carbonyl (C=O) groups excluding carboxylic acids is 1. The molecule has 176 valence electrons. The van der Waals surface area contributed by atoms with E-state index in [1.807, 2.05) is 6.92 Å². The Morgan fingerprint density at radius 2 is 1.88 bits per heavy atom. The molecule has 0 aliphatic heterocycles. The van der Waals surface area contributed by atoms with Gasteiger partial charge in [0.05, 0.1) is 17.9 Å². The van der Waals surface area contributed by atoms with E-state index in [-0.39, 0.29) is 35.8 Å². The minimum Gasteiger partial charge on any atom is -0.460 e. The average molecular weight is 462 g/mol. The van der Waals surface area contributed by atoms with Crippen LogP contribution in [0.5, 0.6) is 6.01 Å². The molecule has 0 unspecified atom stereocenters. The molecule has 33 heavy (non-hydrogen) atoms. The minimum atomic E-state index is -4.50. The highest BCUT2D eigenvalue weighted by atomic mass is 19.4. The number of aromatic nitrogens is 3. The summed E-state index contributed by atoms with van der Waals surface area (Å²) in [6.07, 6.45) is -4.50. The van der Waals surface area contributed by atoms with Gasteiger partial charge in [-0.15, -0.1) is 5.10 Å². The number of hydrogen-bond donors (Lipinski definition) is 1. The standard InChI is InChI=1S/C23H25F3N4O3/c1-4-32-11-12-33-22-28-20(16-7-5-8-17(13-16)23(24,25)26)30(29-22)19-10-6-9-18(14-19)27-21(31)15(2)3/h5-10,13-15H,4,11-12H2,1-3H3,(H,27,31). The van der Waals surface area contributed by atoms with Gasteiger partial charge in [0.2, 0.25) is 5.91 Å². The first-order valence-electron chi connectivity index (χ1n) is 10.5. The molecule has 1 aromatic heterocycles. The number of rotatable bonds is 9. The first kappa shape index (κ1) is 24.2. The van der Waals surface area contributed by atoms with Crippen LogP contribution in [0, 0.1) is 5.92 Å². The molecule has 0 radical (unpaired) electrons. The number of benzene rings is 2. The summed E-state index contributed by atoms with van der Waals surface area (Å²) < 4.78 is 52.0. The molecule has 2 aromatic carbocycles. The zero-order valence-electron chi connectivity index (χ0n) is 18.5. The maximum atomic E-state index is 13.3. The van der Waals surface area contributed by atoms with Gasteiger partial charge in [-0.1, -0.05) is 32.0 Å². The zero-order chi connectivity index (χ0) is 24.0. The lowest BCUT2D eigenvalue weighted by Gasteiger charge is -2.11. The Labute approximate surface area is 189 Å². The van der Waals surface area contributed by atoms with Gasteiger partial charge < -0.3 is 14.8 Å². The van der Waals surface area contributed by atoms with Gasteiger partial charge in [-0.2, -0.15) is 18.2 Å². The van der Waals surface area contributed by atoms with E-state index >= 15 is 0 Å². The molecule has 7 nitrogen and oxygen atoms in total. The van der Waals surface area contributed by atoms with Crippen molar-refractivity contribution in [3.05, 3.63) is 54.1 Å². The molecule has 10 heteroatoms. The van der Waals surface area contributed by atoms with Crippen molar-refractivity contribution in [2.45, 2.75) is 26.9 Å². The van der Waals surface area contributed by atoms with Crippen LogP contribution in [0.4, 0.5) is 18.9 Å². The minimum absolute atomic E-state index is 0.00117. The quantitative estimate of drug-likeness (QED) is 0.455. The molecule has 0 saturated carbocycles. The molecule has 0 bridgehead atoms. The molecular formula is C23H25F3N4O3. The highest BCUT2D eigenvalue weighted by Crippen LogP contribution is 2.33. The van der Waals surface area contributed by atoms with Crippen LogP contribution in [0.25, 0.3) is 17.1 Å². The summed E-state index contributed by atoms with van der Waals surface area (Å²) in [4.78, 5) is 16.4. The van der Waals surface area contributed by atoms with Gasteiger partial charge in [0.25, 0.3) is 0 Å². The Hall–Kier alpha value is -3.40. The zero-order valence-corrected chi connectivity index (χ0v) is 18.5. The van der Waals surface area contributed by atoms with Crippen molar-refractivity contribution in [2.24, 2.45) is 5.92 Å². The van der Waals surface area contributed by atoms with Crippen LogP contribution >= 0.6 is 0 Å². The molecule has 1 N–H and O–H groups in total. The van der Waals surface area contributed by atoms with Crippen molar-refractivity contribution < 1.29 is 27.4 Å². The van der Waals surface area contributed by atoms with Crippen LogP contribution in [-0.2, 0) is 15.7 Å². The number of ether oxygens (including phenoxy) is 2. The van der Waals surface area contributed by atoms with Crippen molar-refractivity contribution in [3.63, 3.8) is 0 Å². The SMILES string of the molecule is CCOCCOc1nc(-c2cccc(C(F)(F)F)c2)n(-c2cccc(NC(=O)C(C)C)c2)n1. The van der Waals surface area contributed by atoms with Gasteiger partial charge in [-0.05, 0) is 37.3 Å². The van der Waals surface area contributed by atoms with Crippen LogP contribution in [0.2, 0.25) is 0 Å². The predicted molar refractivity (Wildman–Crippen MR) is 117 cm³/mol. The van der Waals surface area contributed by atoms with Crippen LogP contribution in [0.15, 0.2) is 48.5 Å². The average Bonchev–Trinajstić information content (AvgIpc) is 3.21. The summed E-state index contributed by atoms with van der Waals surface area (Å²) in [6.45, 7) is 6.42. The monoisotopic (exact) mass is 462 g/mol. The Morgan fingerprint density at radius 3 is 2.58 bits per heavy atom. The van der Waals surface area contributed by atoms with Crippen molar-refractivity contribution in [2.75, 3.05) is 25.1 Å². The Balaban J connectivity index is 2.01. The topological polar surface area (TPSA) is 78.3 Å². The Kier molecular flexibility index (Phi) is 7.70. The molecule has 3 rings (SSSR count). The second-order valence-electron chi connectivity index (χ2n) is 7.45. The third kappa shape index (κ3) is 6.32. The number of hydrogen-bond acceptors (Lipinski definition) is 5. The van der Waals surface area contributed by atoms with Gasteiger partial charge in [0.1, 0.15) is 6.61 Å². The van der Waals surface area contributed by atoms with Crippen molar-refractivity contribution in [3.8, 4) is 23.1 Å². The first-order chi connectivity index (χ1) is 15.7. The van der Waals surface area contributed by atoms with Crippen LogP contribution in [0.3, 0.4) is 0 Å². The number of anilines is 1. The molecule has 0 aliphatic rings. The normalized spacial score (nSPS) is 11.6. The van der Waals surface area contributed by atoms with E-state index in [1.165, 1.54) is 16.8 Å². The molecular weight excluding hydrogens is 437 g/mol. The van der Waals surface area contributed by atoms with Gasteiger partial charge in [0.15, 0.2) is 5.82 Å². The number of alkyl halides is 3. The van der Waals surface area contributed by atoms with Gasteiger partial charge in [-0.25, -0.2) is 4.68 Å². The second-order valence-corrected chi connectivity index (χ2v) is 7.45. The molecule has 0 atom stereocenters. The number of amides is 1. The summed E-state index contributed by atoms with van der Waals surface area (Å²) in [5, 5.41) is 7.13.